The molecule has 4 N–H and O–H groups in total. The quantitative estimate of drug-likeness (QED) is 0.143. The van der Waals surface area contributed by atoms with Crippen molar-refractivity contribution in [1.29, 1.82) is 0 Å². The molecule has 3 amide bonds. The minimum Gasteiger partial charge on any atom is -0.504 e. The molecule has 13 nitrogen and oxygen atoms in total. The molecular formula is C31H39N3O10. The van der Waals surface area contributed by atoms with Crippen molar-refractivity contribution in [3.63, 3.8) is 0 Å². The van der Waals surface area contributed by atoms with Crippen molar-refractivity contribution >= 4 is 35.7 Å². The van der Waals surface area contributed by atoms with E-state index in [9.17, 15) is 29.1 Å². The van der Waals surface area contributed by atoms with Crippen molar-refractivity contribution in [2.45, 2.75) is 45.4 Å². The molecule has 0 spiro atoms. The Kier molecular flexibility index (Phi) is 15.5. The third-order valence-electron chi connectivity index (χ3n) is 5.93. The van der Waals surface area contributed by atoms with Crippen LogP contribution in [-0.4, -0.2) is 80.3 Å². The molecule has 2 atom stereocenters. The molecule has 0 saturated carbocycles. The number of ether oxygens (including phenoxy) is 4. The zero-order valence-electron chi connectivity index (χ0n) is 25.0. The smallest absolute Gasteiger partial charge is 0.328 e. The van der Waals surface area contributed by atoms with Gasteiger partial charge in [-0.05, 0) is 49.6 Å². The number of nitrogens with one attached hydrogen (secondary N) is 3. The van der Waals surface area contributed by atoms with Gasteiger partial charge < -0.3 is 40.0 Å². The molecule has 0 radical (unpaired) electrons. The van der Waals surface area contributed by atoms with Gasteiger partial charge in [-0.25, -0.2) is 4.79 Å². The van der Waals surface area contributed by atoms with Gasteiger partial charge in [0.1, 0.15) is 12.1 Å². The van der Waals surface area contributed by atoms with Crippen LogP contribution in [0.1, 0.15) is 37.8 Å². The Hall–Kier alpha value is -4.91. The molecule has 0 fully saturated rings. The van der Waals surface area contributed by atoms with E-state index in [4.69, 9.17) is 18.9 Å². The molecule has 0 unspecified atom stereocenters. The number of methoxy groups -OCH3 is 1. The van der Waals surface area contributed by atoms with E-state index < -0.39 is 48.3 Å². The van der Waals surface area contributed by atoms with Gasteiger partial charge in [-0.2, -0.15) is 0 Å². The molecule has 0 aliphatic heterocycles. The van der Waals surface area contributed by atoms with E-state index in [2.05, 4.69) is 16.0 Å². The molecular weight excluding hydrogens is 574 g/mol. The van der Waals surface area contributed by atoms with Crippen molar-refractivity contribution < 1.29 is 48.0 Å². The van der Waals surface area contributed by atoms with Crippen molar-refractivity contribution in [2.24, 2.45) is 0 Å². The summed E-state index contributed by atoms with van der Waals surface area (Å²) in [5, 5.41) is 17.2. The lowest BCUT2D eigenvalue weighted by molar-refractivity contribution is -0.149. The van der Waals surface area contributed by atoms with E-state index in [0.717, 1.165) is 5.56 Å². The van der Waals surface area contributed by atoms with Gasteiger partial charge >= 0.3 is 11.9 Å². The Morgan fingerprint density at radius 3 is 2.34 bits per heavy atom. The number of hydrogen-bond acceptors (Lipinski definition) is 10. The second kappa shape index (κ2) is 19.3. The van der Waals surface area contributed by atoms with Gasteiger partial charge in [0.2, 0.25) is 17.7 Å². The maximum absolute atomic E-state index is 13.2. The molecule has 0 aliphatic carbocycles. The number of carbonyl (C=O) groups is 5. The summed E-state index contributed by atoms with van der Waals surface area (Å²) in [6.45, 7) is 2.91. The minimum absolute atomic E-state index is 0.0512. The highest BCUT2D eigenvalue weighted by molar-refractivity contribution is 5.96. The number of phenols is 1. The molecule has 44 heavy (non-hydrogen) atoms. The summed E-state index contributed by atoms with van der Waals surface area (Å²) in [7, 11) is 1.40. The molecule has 0 saturated heterocycles. The van der Waals surface area contributed by atoms with Crippen LogP contribution in [-0.2, 0) is 44.8 Å². The lowest BCUT2D eigenvalue weighted by Gasteiger charge is -2.22. The third kappa shape index (κ3) is 12.9. The van der Waals surface area contributed by atoms with Gasteiger partial charge in [0.15, 0.2) is 11.5 Å². The number of rotatable bonds is 18. The molecule has 0 aliphatic rings. The minimum atomic E-state index is -1.25. The topological polar surface area (TPSA) is 179 Å². The van der Waals surface area contributed by atoms with Crippen molar-refractivity contribution in [3.05, 3.63) is 65.7 Å². The molecule has 2 aromatic rings. The second-order valence-electron chi connectivity index (χ2n) is 9.26. The van der Waals surface area contributed by atoms with Gasteiger partial charge in [0, 0.05) is 12.5 Å². The van der Waals surface area contributed by atoms with Crippen LogP contribution in [0.15, 0.2) is 54.6 Å². The van der Waals surface area contributed by atoms with E-state index in [1.165, 1.54) is 31.4 Å². The van der Waals surface area contributed by atoms with Crippen molar-refractivity contribution in [2.75, 3.05) is 33.5 Å². The van der Waals surface area contributed by atoms with E-state index in [-0.39, 0.29) is 50.8 Å². The Balaban J connectivity index is 2.05. The van der Waals surface area contributed by atoms with Crippen LogP contribution >= 0.6 is 0 Å². The first-order valence-electron chi connectivity index (χ1n) is 14.0. The van der Waals surface area contributed by atoms with Crippen LogP contribution in [0.25, 0.3) is 6.08 Å². The highest BCUT2D eigenvalue weighted by Gasteiger charge is 2.28. The fourth-order valence-corrected chi connectivity index (χ4v) is 3.75. The predicted octanol–water partition coefficient (Wildman–Crippen LogP) is 1.62. The van der Waals surface area contributed by atoms with Gasteiger partial charge in [0.25, 0.3) is 0 Å². The lowest BCUT2D eigenvalue weighted by Crippen LogP contribution is -2.55. The van der Waals surface area contributed by atoms with E-state index in [1.807, 2.05) is 30.3 Å². The summed E-state index contributed by atoms with van der Waals surface area (Å²) in [5.41, 5.74) is 1.41. The Labute approximate surface area is 255 Å². The summed E-state index contributed by atoms with van der Waals surface area (Å²) in [6, 6.07) is 11.3. The maximum atomic E-state index is 13.2. The Bertz CT molecular complexity index is 1280. The fourth-order valence-electron chi connectivity index (χ4n) is 3.75. The first-order valence-corrected chi connectivity index (χ1v) is 14.0. The average molecular weight is 614 g/mol. The Morgan fingerprint density at radius 1 is 0.932 bits per heavy atom. The van der Waals surface area contributed by atoms with E-state index >= 15 is 0 Å². The van der Waals surface area contributed by atoms with Gasteiger partial charge in [0.05, 0.1) is 40.1 Å². The SMILES string of the molecule is CCOC(=O)CC[C@@H](NC(=O)[C@H](COCc1ccccc1)NC(=O)CNC(=O)/C=C/c1ccc(O)c(OC)c1)C(=O)OCC. The van der Waals surface area contributed by atoms with Gasteiger partial charge in [-0.3, -0.25) is 19.2 Å². The number of benzene rings is 2. The van der Waals surface area contributed by atoms with Crippen LogP contribution in [0, 0.1) is 0 Å². The third-order valence-corrected chi connectivity index (χ3v) is 5.93. The zero-order chi connectivity index (χ0) is 32.3. The summed E-state index contributed by atoms with van der Waals surface area (Å²) >= 11 is 0. The largest absolute Gasteiger partial charge is 0.504 e. The lowest BCUT2D eigenvalue weighted by atomic mass is 10.1. The van der Waals surface area contributed by atoms with Crippen LogP contribution in [0.5, 0.6) is 11.5 Å². The fraction of sp³-hybridized carbons (Fsp3) is 0.387. The molecule has 2 rings (SSSR count). The number of esters is 2. The highest BCUT2D eigenvalue weighted by atomic mass is 16.5. The maximum Gasteiger partial charge on any atom is 0.328 e. The predicted molar refractivity (Wildman–Crippen MR) is 159 cm³/mol. The number of carbonyl (C=O) groups excluding carboxylic acids is 5. The Morgan fingerprint density at radius 2 is 1.66 bits per heavy atom. The van der Waals surface area contributed by atoms with Crippen molar-refractivity contribution in [1.82, 2.24) is 16.0 Å². The van der Waals surface area contributed by atoms with Gasteiger partial charge in [-0.15, -0.1) is 0 Å². The van der Waals surface area contributed by atoms with Crippen LogP contribution in [0.2, 0.25) is 0 Å². The summed E-state index contributed by atoms with van der Waals surface area (Å²) in [4.78, 5) is 62.6. The first-order chi connectivity index (χ1) is 21.2. The van der Waals surface area contributed by atoms with Crippen LogP contribution in [0.4, 0.5) is 0 Å². The number of hydrogen-bond donors (Lipinski definition) is 4. The van der Waals surface area contributed by atoms with Crippen LogP contribution in [0.3, 0.4) is 0 Å². The molecule has 0 heterocycles. The first kappa shape index (κ1) is 35.3. The number of aromatic hydroxyl groups is 1. The second-order valence-corrected chi connectivity index (χ2v) is 9.26. The van der Waals surface area contributed by atoms with E-state index in [1.54, 1.807) is 19.9 Å². The van der Waals surface area contributed by atoms with Gasteiger partial charge in [-0.1, -0.05) is 36.4 Å². The number of phenolic OH excluding ortho intramolecular Hbond substituents is 1. The van der Waals surface area contributed by atoms with Crippen LogP contribution < -0.4 is 20.7 Å². The molecule has 13 heteroatoms. The normalized spacial score (nSPS) is 12.1. The molecule has 0 bridgehead atoms. The summed E-state index contributed by atoms with van der Waals surface area (Å²) < 4.78 is 20.6. The monoisotopic (exact) mass is 613 g/mol. The number of amides is 3. The standard InChI is InChI=1S/C31H39N3O10/c1-4-43-29(38)16-13-23(31(40)44-5-2)34-30(39)24(20-42-19-22-9-7-6-8-10-22)33-28(37)18-32-27(36)15-12-21-11-14-25(35)26(17-21)41-3/h6-12,14-15,17,23-24,35H,4-5,13,16,18-20H2,1-3H3,(H,32,36)(H,33,37)(H,34,39)/b15-12+/t23-,24+/m1/s1. The highest BCUT2D eigenvalue weighted by Crippen LogP contribution is 2.26. The van der Waals surface area contributed by atoms with Crippen molar-refractivity contribution in [3.8, 4) is 11.5 Å². The van der Waals surface area contributed by atoms with E-state index in [0.29, 0.717) is 5.56 Å². The molecule has 0 aromatic heterocycles. The molecule has 2 aromatic carbocycles. The zero-order valence-corrected chi connectivity index (χ0v) is 25.0. The average Bonchev–Trinajstić information content (AvgIpc) is 3.01. The summed E-state index contributed by atoms with van der Waals surface area (Å²) in [6.07, 6.45) is 2.44. The molecule has 238 valence electrons. The summed E-state index contributed by atoms with van der Waals surface area (Å²) in [5.74, 6) is -3.13.